The molecule has 0 aromatic heterocycles. The van der Waals surface area contributed by atoms with Crippen LogP contribution in [-0.2, 0) is 30.3 Å². The number of hydrogen-bond acceptors (Lipinski definition) is 5. The quantitative estimate of drug-likeness (QED) is 0.380. The summed E-state index contributed by atoms with van der Waals surface area (Å²) in [6.07, 6.45) is 4.98. The normalized spacial score (nSPS) is 25.0. The summed E-state index contributed by atoms with van der Waals surface area (Å²) in [4.78, 5) is 53.6. The number of rotatable bonds is 7. The molecule has 0 radical (unpaired) electrons. The van der Waals surface area contributed by atoms with E-state index in [1.54, 1.807) is 0 Å². The van der Waals surface area contributed by atoms with Crippen LogP contribution in [0, 0.1) is 37.5 Å². The van der Waals surface area contributed by atoms with Crippen LogP contribution in [0.4, 0.5) is 5.69 Å². The summed E-state index contributed by atoms with van der Waals surface area (Å²) in [5, 5.41) is 2.76. The molecule has 5 atom stereocenters. The smallest absolute Gasteiger partial charge is 0.330 e. The van der Waals surface area contributed by atoms with Gasteiger partial charge in [0.15, 0.2) is 6.61 Å². The molecular weight excluding hydrogens is 444 g/mol. The molecule has 1 heterocycles. The zero-order valence-electron chi connectivity index (χ0n) is 19.8. The summed E-state index contributed by atoms with van der Waals surface area (Å²) in [5.41, 5.74) is 3.33. The van der Waals surface area contributed by atoms with Crippen LogP contribution in [0.15, 0.2) is 60.7 Å². The van der Waals surface area contributed by atoms with E-state index in [-0.39, 0.29) is 30.1 Å². The monoisotopic (exact) mass is 472 g/mol. The second-order valence-electron chi connectivity index (χ2n) is 9.73. The minimum Gasteiger partial charge on any atom is -0.454 e. The second kappa shape index (κ2) is 9.13. The van der Waals surface area contributed by atoms with Crippen molar-refractivity contribution in [1.82, 2.24) is 4.90 Å². The number of nitrogens with zero attached hydrogens (tertiary/aromatic N) is 1. The zero-order valence-corrected chi connectivity index (χ0v) is 19.8. The fourth-order valence-electron chi connectivity index (χ4n) is 5.64. The standard InChI is InChI=1S/C28H28N2O5/c1-16-8-9-17(2)21(12-16)29-23(31)15-35-28(34)22(13-18-6-4-3-5-7-18)30-26(32)24-19-10-11-20(14-19)25(24)27(30)33/h3-12,19-20,22,24-25H,13-15H2,1-2H3,(H,29,31)/t19-,20-,22-,24-,25+/m0/s1. The summed E-state index contributed by atoms with van der Waals surface area (Å²) in [5.74, 6) is -2.58. The summed E-state index contributed by atoms with van der Waals surface area (Å²) in [6.45, 7) is 3.29. The molecule has 2 aromatic rings. The predicted molar refractivity (Wildman–Crippen MR) is 129 cm³/mol. The Labute approximate surface area is 204 Å². The lowest BCUT2D eigenvalue weighted by atomic mass is 9.85. The highest BCUT2D eigenvalue weighted by Gasteiger charge is 2.61. The van der Waals surface area contributed by atoms with Crippen molar-refractivity contribution in [2.45, 2.75) is 32.7 Å². The van der Waals surface area contributed by atoms with Crippen molar-refractivity contribution in [3.63, 3.8) is 0 Å². The topological polar surface area (TPSA) is 92.8 Å². The first-order chi connectivity index (χ1) is 16.8. The third-order valence-electron chi connectivity index (χ3n) is 7.37. The lowest BCUT2D eigenvalue weighted by Crippen LogP contribution is -2.48. The van der Waals surface area contributed by atoms with Gasteiger partial charge in [0.2, 0.25) is 11.8 Å². The van der Waals surface area contributed by atoms with E-state index in [9.17, 15) is 19.2 Å². The van der Waals surface area contributed by atoms with Crippen molar-refractivity contribution in [3.8, 4) is 0 Å². The third-order valence-corrected chi connectivity index (χ3v) is 7.37. The van der Waals surface area contributed by atoms with Gasteiger partial charge in [-0.25, -0.2) is 4.79 Å². The Morgan fingerprint density at radius 2 is 1.66 bits per heavy atom. The molecule has 1 N–H and O–H groups in total. The van der Waals surface area contributed by atoms with E-state index in [2.05, 4.69) is 5.32 Å². The van der Waals surface area contributed by atoms with Crippen molar-refractivity contribution < 1.29 is 23.9 Å². The van der Waals surface area contributed by atoms with Gasteiger partial charge in [-0.15, -0.1) is 0 Å². The predicted octanol–water partition coefficient (Wildman–Crippen LogP) is 3.20. The second-order valence-corrected chi connectivity index (χ2v) is 9.73. The van der Waals surface area contributed by atoms with Gasteiger partial charge in [-0.1, -0.05) is 54.6 Å². The van der Waals surface area contributed by atoms with E-state index in [1.807, 2.05) is 74.5 Å². The Balaban J connectivity index is 1.32. The molecule has 2 fully saturated rings. The number of carbonyl (C=O) groups excluding carboxylic acids is 4. The summed E-state index contributed by atoms with van der Waals surface area (Å²) < 4.78 is 5.37. The number of anilines is 1. The molecule has 2 aliphatic carbocycles. The maximum atomic E-state index is 13.4. The van der Waals surface area contributed by atoms with Crippen LogP contribution in [-0.4, -0.2) is 41.2 Å². The molecule has 3 amide bonds. The molecule has 180 valence electrons. The Kier molecular flexibility index (Phi) is 6.01. The number of allylic oxidation sites excluding steroid dienone is 2. The van der Waals surface area contributed by atoms with Crippen LogP contribution in [0.1, 0.15) is 23.1 Å². The minimum atomic E-state index is -1.11. The van der Waals surface area contributed by atoms with Crippen molar-refractivity contribution in [2.24, 2.45) is 23.7 Å². The Morgan fingerprint density at radius 1 is 1.00 bits per heavy atom. The number of hydrogen-bond donors (Lipinski definition) is 1. The largest absolute Gasteiger partial charge is 0.454 e. The van der Waals surface area contributed by atoms with Crippen molar-refractivity contribution in [3.05, 3.63) is 77.4 Å². The molecule has 7 heteroatoms. The number of nitrogens with one attached hydrogen (secondary N) is 1. The molecular formula is C28H28N2O5. The maximum Gasteiger partial charge on any atom is 0.330 e. The summed E-state index contributed by atoms with van der Waals surface area (Å²) in [6, 6.07) is 13.8. The van der Waals surface area contributed by atoms with Gasteiger partial charge in [0, 0.05) is 12.1 Å². The lowest BCUT2D eigenvalue weighted by Gasteiger charge is -2.26. The number of imide groups is 1. The van der Waals surface area contributed by atoms with Crippen LogP contribution in [0.3, 0.4) is 0 Å². The molecule has 2 aromatic carbocycles. The molecule has 1 aliphatic heterocycles. The van der Waals surface area contributed by atoms with Crippen molar-refractivity contribution in [2.75, 3.05) is 11.9 Å². The highest BCUT2D eigenvalue weighted by atomic mass is 16.5. The SMILES string of the molecule is Cc1ccc(C)c(NC(=O)COC(=O)[C@H](Cc2ccccc2)N2C(=O)[C@@H]3[C@H](C2=O)[C@H]2C=C[C@H]3C2)c1. The number of aryl methyl sites for hydroxylation is 2. The fraction of sp³-hybridized carbons (Fsp3) is 0.357. The molecule has 0 spiro atoms. The van der Waals surface area contributed by atoms with Gasteiger partial charge in [-0.05, 0) is 54.9 Å². The Morgan fingerprint density at radius 3 is 2.31 bits per heavy atom. The average molecular weight is 473 g/mol. The number of amides is 3. The first-order valence-corrected chi connectivity index (χ1v) is 12.0. The van der Waals surface area contributed by atoms with E-state index >= 15 is 0 Å². The Hall–Kier alpha value is -3.74. The third kappa shape index (κ3) is 4.27. The molecule has 3 aliphatic rings. The van der Waals surface area contributed by atoms with Crippen LogP contribution in [0.5, 0.6) is 0 Å². The van der Waals surface area contributed by atoms with Gasteiger partial charge < -0.3 is 10.1 Å². The van der Waals surface area contributed by atoms with Crippen molar-refractivity contribution in [1.29, 1.82) is 0 Å². The number of ether oxygens (including phenoxy) is 1. The van der Waals surface area contributed by atoms with Gasteiger partial charge in [0.05, 0.1) is 11.8 Å². The highest BCUT2D eigenvalue weighted by Crippen LogP contribution is 2.53. The molecule has 35 heavy (non-hydrogen) atoms. The van der Waals surface area contributed by atoms with Crippen LogP contribution in [0.25, 0.3) is 0 Å². The molecule has 2 bridgehead atoms. The zero-order chi connectivity index (χ0) is 24.7. The van der Waals surface area contributed by atoms with Gasteiger partial charge in [-0.2, -0.15) is 0 Å². The van der Waals surface area contributed by atoms with E-state index in [1.165, 1.54) is 0 Å². The first kappa shape index (κ1) is 23.0. The first-order valence-electron chi connectivity index (χ1n) is 12.0. The number of fused-ring (bicyclic) bond motifs is 5. The molecule has 0 unspecified atom stereocenters. The average Bonchev–Trinajstić information content (AvgIpc) is 3.53. The summed E-state index contributed by atoms with van der Waals surface area (Å²) in [7, 11) is 0. The number of likely N-dealkylation sites (tertiary alicyclic amines) is 1. The van der Waals surface area contributed by atoms with Crippen LogP contribution >= 0.6 is 0 Å². The highest BCUT2D eigenvalue weighted by molar-refractivity contribution is 6.09. The van der Waals surface area contributed by atoms with E-state index in [0.29, 0.717) is 5.69 Å². The van der Waals surface area contributed by atoms with Gasteiger partial charge in [-0.3, -0.25) is 19.3 Å². The number of benzene rings is 2. The van der Waals surface area contributed by atoms with Gasteiger partial charge >= 0.3 is 5.97 Å². The molecule has 5 rings (SSSR count). The molecule has 1 saturated carbocycles. The maximum absolute atomic E-state index is 13.4. The number of esters is 1. The van der Waals surface area contributed by atoms with Crippen molar-refractivity contribution >= 4 is 29.4 Å². The summed E-state index contributed by atoms with van der Waals surface area (Å²) >= 11 is 0. The van der Waals surface area contributed by atoms with E-state index in [4.69, 9.17) is 4.74 Å². The minimum absolute atomic E-state index is 0.0446. The van der Waals surface area contributed by atoms with Crippen LogP contribution < -0.4 is 5.32 Å². The lowest BCUT2D eigenvalue weighted by molar-refractivity contribution is -0.160. The molecule has 1 saturated heterocycles. The van der Waals surface area contributed by atoms with E-state index < -0.39 is 36.4 Å². The van der Waals surface area contributed by atoms with Crippen LogP contribution in [0.2, 0.25) is 0 Å². The molecule has 7 nitrogen and oxygen atoms in total. The Bertz CT molecular complexity index is 1190. The van der Waals surface area contributed by atoms with Gasteiger partial charge in [0.1, 0.15) is 6.04 Å². The fourth-order valence-corrected chi connectivity index (χ4v) is 5.64. The van der Waals surface area contributed by atoms with E-state index in [0.717, 1.165) is 28.0 Å². The number of carbonyl (C=O) groups is 4. The van der Waals surface area contributed by atoms with Gasteiger partial charge in [0.25, 0.3) is 5.91 Å².